The van der Waals surface area contributed by atoms with Gasteiger partial charge in [0.25, 0.3) is 0 Å². The van der Waals surface area contributed by atoms with Gasteiger partial charge in [-0.15, -0.1) is 0 Å². The Bertz CT molecular complexity index is 438. The second-order valence-electron chi connectivity index (χ2n) is 6.93. The van der Waals surface area contributed by atoms with Gasteiger partial charge in [-0.2, -0.15) is 0 Å². The maximum atomic E-state index is 12.0. The van der Waals surface area contributed by atoms with Crippen molar-refractivity contribution >= 4 is 18.0 Å². The van der Waals surface area contributed by atoms with E-state index in [4.69, 9.17) is 4.74 Å². The summed E-state index contributed by atoms with van der Waals surface area (Å²) in [5, 5.41) is 9.32. The van der Waals surface area contributed by atoms with Crippen molar-refractivity contribution in [2.24, 2.45) is 0 Å². The van der Waals surface area contributed by atoms with Crippen molar-refractivity contribution in [2.45, 2.75) is 64.5 Å². The van der Waals surface area contributed by atoms with E-state index in [1.807, 2.05) is 4.90 Å². The van der Waals surface area contributed by atoms with Crippen LogP contribution in [-0.2, 0) is 14.3 Å². The molecule has 1 atom stereocenters. The number of nitrogens with zero attached hydrogens (tertiary/aromatic N) is 2. The molecule has 2 amide bonds. The Balaban J connectivity index is 2.49. The quantitative estimate of drug-likeness (QED) is 0.807. The highest BCUT2D eigenvalue weighted by Gasteiger charge is 2.30. The fourth-order valence-electron chi connectivity index (χ4n) is 2.52. The molecule has 0 aromatic heterocycles. The van der Waals surface area contributed by atoms with Crippen molar-refractivity contribution in [1.29, 1.82) is 0 Å². The Labute approximate surface area is 137 Å². The van der Waals surface area contributed by atoms with Gasteiger partial charge in [-0.1, -0.05) is 0 Å². The van der Waals surface area contributed by atoms with Gasteiger partial charge < -0.3 is 14.7 Å². The van der Waals surface area contributed by atoms with Gasteiger partial charge in [0, 0.05) is 26.6 Å². The molecule has 1 heterocycles. The number of likely N-dealkylation sites (N-methyl/N-ethyl adjacent to an activating group) is 1. The number of carbonyl (C=O) groups is 3. The predicted octanol–water partition coefficient (Wildman–Crippen LogP) is 2.10. The second-order valence-corrected chi connectivity index (χ2v) is 6.93. The van der Waals surface area contributed by atoms with E-state index in [-0.39, 0.29) is 12.3 Å². The predicted molar refractivity (Wildman–Crippen MR) is 85.1 cm³/mol. The van der Waals surface area contributed by atoms with Crippen LogP contribution in [0.1, 0.15) is 52.9 Å². The molecule has 1 fully saturated rings. The topological polar surface area (TPSA) is 87.2 Å². The first-order valence-electron chi connectivity index (χ1n) is 8.08. The van der Waals surface area contributed by atoms with Crippen LogP contribution < -0.4 is 0 Å². The van der Waals surface area contributed by atoms with Crippen LogP contribution >= 0.6 is 0 Å². The van der Waals surface area contributed by atoms with Crippen LogP contribution in [0.25, 0.3) is 0 Å². The zero-order valence-corrected chi connectivity index (χ0v) is 14.5. The zero-order chi connectivity index (χ0) is 17.6. The number of likely N-dealkylation sites (tertiary alicyclic amines) is 1. The molecule has 0 saturated carbocycles. The van der Waals surface area contributed by atoms with E-state index in [1.54, 1.807) is 20.8 Å². The number of hydrogen-bond donors (Lipinski definition) is 1. The van der Waals surface area contributed by atoms with Gasteiger partial charge in [-0.05, 0) is 46.5 Å². The van der Waals surface area contributed by atoms with Crippen molar-refractivity contribution in [2.75, 3.05) is 20.1 Å². The van der Waals surface area contributed by atoms with E-state index >= 15 is 0 Å². The number of carboxylic acid groups (broad SMARTS) is 1. The number of aliphatic carboxylic acids is 1. The molecular weight excluding hydrogens is 300 g/mol. The van der Waals surface area contributed by atoms with E-state index < -0.39 is 23.7 Å². The summed E-state index contributed by atoms with van der Waals surface area (Å²) in [5.41, 5.74) is -0.680. The molecule has 1 saturated heterocycles. The highest BCUT2D eigenvalue weighted by molar-refractivity contribution is 5.80. The van der Waals surface area contributed by atoms with Crippen molar-refractivity contribution < 1.29 is 24.2 Å². The Kier molecular flexibility index (Phi) is 6.84. The SMILES string of the molecule is CN(C(=O)OC(C)(C)C)[C@H](CCCC(=O)N1CCCC1)C(=O)O. The van der Waals surface area contributed by atoms with E-state index in [9.17, 15) is 19.5 Å². The first-order chi connectivity index (χ1) is 10.6. The number of rotatable bonds is 6. The lowest BCUT2D eigenvalue weighted by Gasteiger charge is -2.28. The molecule has 0 radical (unpaired) electrons. The van der Waals surface area contributed by atoms with Crippen LogP contribution in [-0.4, -0.2) is 64.7 Å². The lowest BCUT2D eigenvalue weighted by Crippen LogP contribution is -2.45. The molecule has 132 valence electrons. The van der Waals surface area contributed by atoms with Gasteiger partial charge in [0.1, 0.15) is 11.6 Å². The Morgan fingerprint density at radius 3 is 2.26 bits per heavy atom. The molecule has 0 unspecified atom stereocenters. The molecule has 1 N–H and O–H groups in total. The molecule has 1 aliphatic heterocycles. The molecule has 0 spiro atoms. The van der Waals surface area contributed by atoms with Crippen molar-refractivity contribution in [1.82, 2.24) is 9.80 Å². The molecule has 7 heteroatoms. The van der Waals surface area contributed by atoms with Crippen LogP contribution in [0.3, 0.4) is 0 Å². The van der Waals surface area contributed by atoms with Crippen molar-refractivity contribution in [3.05, 3.63) is 0 Å². The maximum absolute atomic E-state index is 12.0. The maximum Gasteiger partial charge on any atom is 0.410 e. The summed E-state index contributed by atoms with van der Waals surface area (Å²) in [7, 11) is 1.41. The lowest BCUT2D eigenvalue weighted by molar-refractivity contribution is -0.143. The van der Waals surface area contributed by atoms with E-state index in [2.05, 4.69) is 0 Å². The fraction of sp³-hybridized carbons (Fsp3) is 0.812. The number of carboxylic acids is 1. The van der Waals surface area contributed by atoms with Crippen LogP contribution in [0.2, 0.25) is 0 Å². The van der Waals surface area contributed by atoms with E-state index in [1.165, 1.54) is 7.05 Å². The van der Waals surface area contributed by atoms with E-state index in [0.29, 0.717) is 12.8 Å². The van der Waals surface area contributed by atoms with Crippen LogP contribution in [0.15, 0.2) is 0 Å². The van der Waals surface area contributed by atoms with Crippen molar-refractivity contribution in [3.63, 3.8) is 0 Å². The van der Waals surface area contributed by atoms with Gasteiger partial charge >= 0.3 is 12.1 Å². The Morgan fingerprint density at radius 1 is 1.22 bits per heavy atom. The molecular formula is C16H28N2O5. The molecule has 0 aliphatic carbocycles. The summed E-state index contributed by atoms with van der Waals surface area (Å²) in [4.78, 5) is 38.2. The first-order valence-corrected chi connectivity index (χ1v) is 8.08. The van der Waals surface area contributed by atoms with Crippen LogP contribution in [0.5, 0.6) is 0 Å². The van der Waals surface area contributed by atoms with Gasteiger partial charge in [0.15, 0.2) is 0 Å². The standard InChI is InChI=1S/C16H28N2O5/c1-16(2,3)23-15(22)17(4)12(14(20)21)8-7-9-13(19)18-10-5-6-11-18/h12H,5-11H2,1-4H3,(H,20,21)/t12-/m1/s1. The molecule has 0 bridgehead atoms. The summed E-state index contributed by atoms with van der Waals surface area (Å²) in [6, 6.07) is -0.990. The van der Waals surface area contributed by atoms with Crippen LogP contribution in [0, 0.1) is 0 Å². The third kappa shape index (κ3) is 6.46. The minimum absolute atomic E-state index is 0.0616. The third-order valence-corrected chi connectivity index (χ3v) is 3.76. The normalized spacial score (nSPS) is 16.1. The average molecular weight is 328 g/mol. The highest BCUT2D eigenvalue weighted by Crippen LogP contribution is 2.16. The van der Waals surface area contributed by atoms with Gasteiger partial charge in [0.05, 0.1) is 0 Å². The summed E-state index contributed by atoms with van der Waals surface area (Å²) in [6.45, 7) is 6.76. The van der Waals surface area contributed by atoms with Crippen LogP contribution in [0.4, 0.5) is 4.79 Å². The number of ether oxygens (including phenoxy) is 1. The summed E-state index contributed by atoms with van der Waals surface area (Å²) in [6.07, 6.45) is 2.36. The number of amides is 2. The summed E-state index contributed by atoms with van der Waals surface area (Å²) >= 11 is 0. The largest absolute Gasteiger partial charge is 0.480 e. The molecule has 1 aliphatic rings. The molecule has 1 rings (SSSR count). The summed E-state index contributed by atoms with van der Waals surface area (Å²) < 4.78 is 5.19. The second kappa shape index (κ2) is 8.17. The van der Waals surface area contributed by atoms with Crippen molar-refractivity contribution in [3.8, 4) is 0 Å². The third-order valence-electron chi connectivity index (χ3n) is 3.76. The molecule has 0 aromatic rings. The number of hydrogen-bond acceptors (Lipinski definition) is 4. The monoisotopic (exact) mass is 328 g/mol. The van der Waals surface area contributed by atoms with E-state index in [0.717, 1.165) is 30.8 Å². The lowest BCUT2D eigenvalue weighted by atomic mass is 10.1. The minimum atomic E-state index is -1.09. The number of carbonyl (C=O) groups excluding carboxylic acids is 2. The van der Waals surface area contributed by atoms with Gasteiger partial charge in [0.2, 0.25) is 5.91 Å². The first kappa shape index (κ1) is 19.3. The molecule has 23 heavy (non-hydrogen) atoms. The Hall–Kier alpha value is -1.79. The molecule has 7 nitrogen and oxygen atoms in total. The fourth-order valence-corrected chi connectivity index (χ4v) is 2.52. The highest BCUT2D eigenvalue weighted by atomic mass is 16.6. The summed E-state index contributed by atoms with van der Waals surface area (Å²) in [5.74, 6) is -1.03. The Morgan fingerprint density at radius 2 is 1.78 bits per heavy atom. The smallest absolute Gasteiger partial charge is 0.410 e. The zero-order valence-electron chi connectivity index (χ0n) is 14.5. The van der Waals surface area contributed by atoms with Gasteiger partial charge in [-0.3, -0.25) is 9.69 Å². The molecule has 0 aromatic carbocycles. The van der Waals surface area contributed by atoms with Gasteiger partial charge in [-0.25, -0.2) is 9.59 Å². The average Bonchev–Trinajstić information content (AvgIpc) is 2.94. The minimum Gasteiger partial charge on any atom is -0.480 e.